The standard InChI is InChI=1S/C24H48O3/c1-3-5-7-9-11-12-13-14-15-17-19-21-26-22-23-27-24(25)20-18-16-10-8-6-4-2/h3-23H2,1-2H3. The lowest BCUT2D eigenvalue weighted by Gasteiger charge is -2.06. The molecule has 0 atom stereocenters. The Balaban J connectivity index is 3.10. The Morgan fingerprint density at radius 3 is 1.48 bits per heavy atom. The fourth-order valence-electron chi connectivity index (χ4n) is 3.31. The average Bonchev–Trinajstić information content (AvgIpc) is 2.67. The van der Waals surface area contributed by atoms with Gasteiger partial charge in [-0.3, -0.25) is 4.79 Å². The normalized spacial score (nSPS) is 11.0. The van der Waals surface area contributed by atoms with Crippen molar-refractivity contribution in [1.82, 2.24) is 0 Å². The zero-order valence-corrected chi connectivity index (χ0v) is 18.6. The third-order valence-electron chi connectivity index (χ3n) is 5.12. The van der Waals surface area contributed by atoms with Gasteiger partial charge in [0.05, 0.1) is 6.61 Å². The highest BCUT2D eigenvalue weighted by atomic mass is 16.6. The minimum atomic E-state index is -0.0659. The van der Waals surface area contributed by atoms with Gasteiger partial charge in [0.2, 0.25) is 0 Å². The molecule has 0 radical (unpaired) electrons. The number of hydrogen-bond acceptors (Lipinski definition) is 3. The van der Waals surface area contributed by atoms with Crippen molar-refractivity contribution in [2.24, 2.45) is 0 Å². The summed E-state index contributed by atoms with van der Waals surface area (Å²) in [5, 5.41) is 0. The summed E-state index contributed by atoms with van der Waals surface area (Å²) in [5.74, 6) is -0.0659. The van der Waals surface area contributed by atoms with Gasteiger partial charge in [-0.05, 0) is 12.8 Å². The molecule has 0 aromatic heterocycles. The summed E-state index contributed by atoms with van der Waals surface area (Å²) in [6.45, 7) is 6.24. The van der Waals surface area contributed by atoms with Crippen LogP contribution in [0.4, 0.5) is 0 Å². The number of carbonyl (C=O) groups is 1. The smallest absolute Gasteiger partial charge is 0.305 e. The summed E-state index contributed by atoms with van der Waals surface area (Å²) in [6.07, 6.45) is 22.6. The number of hydrogen-bond donors (Lipinski definition) is 0. The van der Waals surface area contributed by atoms with E-state index in [9.17, 15) is 4.79 Å². The second kappa shape index (κ2) is 23.5. The highest BCUT2D eigenvalue weighted by molar-refractivity contribution is 5.69. The van der Waals surface area contributed by atoms with Gasteiger partial charge in [0.25, 0.3) is 0 Å². The zero-order valence-electron chi connectivity index (χ0n) is 18.6. The summed E-state index contributed by atoms with van der Waals surface area (Å²) in [7, 11) is 0. The van der Waals surface area contributed by atoms with E-state index in [-0.39, 0.29) is 5.97 Å². The van der Waals surface area contributed by atoms with E-state index in [0.717, 1.165) is 25.9 Å². The lowest BCUT2D eigenvalue weighted by molar-refractivity contribution is -0.145. The SMILES string of the molecule is CCCCCCCCCCCCCOCCOC(=O)CCCCCCCC. The van der Waals surface area contributed by atoms with Crippen molar-refractivity contribution < 1.29 is 14.3 Å². The van der Waals surface area contributed by atoms with Crippen molar-refractivity contribution in [1.29, 1.82) is 0 Å². The second-order valence-electron chi connectivity index (χ2n) is 7.89. The molecule has 0 N–H and O–H groups in total. The number of carbonyl (C=O) groups excluding carboxylic acids is 1. The van der Waals surface area contributed by atoms with E-state index in [1.54, 1.807) is 0 Å². The predicted molar refractivity (Wildman–Crippen MR) is 116 cm³/mol. The third-order valence-corrected chi connectivity index (χ3v) is 5.12. The largest absolute Gasteiger partial charge is 0.463 e. The summed E-state index contributed by atoms with van der Waals surface area (Å²) in [5.41, 5.74) is 0. The molecule has 0 aromatic rings. The van der Waals surface area contributed by atoms with Gasteiger partial charge in [0.15, 0.2) is 0 Å². The van der Waals surface area contributed by atoms with Gasteiger partial charge < -0.3 is 9.47 Å². The first-order valence-corrected chi connectivity index (χ1v) is 12.0. The molecular formula is C24H48O3. The van der Waals surface area contributed by atoms with Crippen LogP contribution >= 0.6 is 0 Å². The molecule has 162 valence electrons. The van der Waals surface area contributed by atoms with Crippen LogP contribution < -0.4 is 0 Å². The molecule has 0 aromatic carbocycles. The molecular weight excluding hydrogens is 336 g/mol. The molecule has 0 aliphatic heterocycles. The van der Waals surface area contributed by atoms with Crippen LogP contribution in [0.5, 0.6) is 0 Å². The van der Waals surface area contributed by atoms with Crippen LogP contribution in [0.15, 0.2) is 0 Å². The molecule has 0 amide bonds. The van der Waals surface area contributed by atoms with E-state index >= 15 is 0 Å². The van der Waals surface area contributed by atoms with Gasteiger partial charge in [-0.2, -0.15) is 0 Å². The Morgan fingerprint density at radius 2 is 0.963 bits per heavy atom. The van der Waals surface area contributed by atoms with Gasteiger partial charge >= 0.3 is 5.97 Å². The zero-order chi connectivity index (χ0) is 19.8. The Hall–Kier alpha value is -0.570. The van der Waals surface area contributed by atoms with Crippen LogP contribution in [0.2, 0.25) is 0 Å². The molecule has 0 rings (SSSR count). The number of rotatable bonds is 22. The molecule has 3 heteroatoms. The van der Waals surface area contributed by atoms with Gasteiger partial charge in [-0.1, -0.05) is 110 Å². The van der Waals surface area contributed by atoms with Crippen molar-refractivity contribution in [3.63, 3.8) is 0 Å². The maximum atomic E-state index is 11.6. The van der Waals surface area contributed by atoms with E-state index in [0.29, 0.717) is 19.6 Å². The number of ether oxygens (including phenoxy) is 2. The fraction of sp³-hybridized carbons (Fsp3) is 0.958. The molecule has 3 nitrogen and oxygen atoms in total. The Labute approximate surface area is 170 Å². The van der Waals surface area contributed by atoms with Crippen molar-refractivity contribution in [2.75, 3.05) is 19.8 Å². The van der Waals surface area contributed by atoms with Crippen molar-refractivity contribution in [3.8, 4) is 0 Å². The molecule has 0 unspecified atom stereocenters. The fourth-order valence-corrected chi connectivity index (χ4v) is 3.31. The quantitative estimate of drug-likeness (QED) is 0.142. The second-order valence-corrected chi connectivity index (χ2v) is 7.89. The van der Waals surface area contributed by atoms with Crippen LogP contribution in [-0.2, 0) is 14.3 Å². The van der Waals surface area contributed by atoms with Crippen molar-refractivity contribution in [2.45, 2.75) is 129 Å². The van der Waals surface area contributed by atoms with Crippen molar-refractivity contribution in [3.05, 3.63) is 0 Å². The topological polar surface area (TPSA) is 35.5 Å². The molecule has 0 saturated heterocycles. The van der Waals surface area contributed by atoms with E-state index in [1.165, 1.54) is 89.9 Å². The molecule has 0 fully saturated rings. The Bertz CT molecular complexity index is 291. The highest BCUT2D eigenvalue weighted by Crippen LogP contribution is 2.11. The van der Waals surface area contributed by atoms with Crippen LogP contribution in [0, 0.1) is 0 Å². The molecule has 0 aliphatic rings. The Kier molecular flexibility index (Phi) is 23.0. The first-order chi connectivity index (χ1) is 13.3. The maximum Gasteiger partial charge on any atom is 0.305 e. The van der Waals surface area contributed by atoms with Gasteiger partial charge in [-0.25, -0.2) is 0 Å². The summed E-state index contributed by atoms with van der Waals surface area (Å²) >= 11 is 0. The minimum absolute atomic E-state index is 0.0659. The maximum absolute atomic E-state index is 11.6. The monoisotopic (exact) mass is 384 g/mol. The third kappa shape index (κ3) is 23.4. The van der Waals surface area contributed by atoms with Gasteiger partial charge in [-0.15, -0.1) is 0 Å². The lowest BCUT2D eigenvalue weighted by Crippen LogP contribution is -2.10. The number of esters is 1. The first-order valence-electron chi connectivity index (χ1n) is 12.0. The molecule has 27 heavy (non-hydrogen) atoms. The van der Waals surface area contributed by atoms with E-state index in [1.807, 2.05) is 0 Å². The summed E-state index contributed by atoms with van der Waals surface area (Å²) < 4.78 is 10.8. The first kappa shape index (κ1) is 26.4. The van der Waals surface area contributed by atoms with Crippen LogP contribution in [0.1, 0.15) is 129 Å². The molecule has 0 spiro atoms. The van der Waals surface area contributed by atoms with E-state index in [4.69, 9.17) is 9.47 Å². The van der Waals surface area contributed by atoms with Crippen LogP contribution in [0.25, 0.3) is 0 Å². The predicted octanol–water partition coefficient (Wildman–Crippen LogP) is 7.61. The molecule has 0 heterocycles. The minimum Gasteiger partial charge on any atom is -0.463 e. The van der Waals surface area contributed by atoms with Gasteiger partial charge in [0.1, 0.15) is 6.61 Å². The van der Waals surface area contributed by atoms with E-state index in [2.05, 4.69) is 13.8 Å². The van der Waals surface area contributed by atoms with Gasteiger partial charge in [0, 0.05) is 13.0 Å². The molecule has 0 saturated carbocycles. The summed E-state index contributed by atoms with van der Waals surface area (Å²) in [4.78, 5) is 11.6. The van der Waals surface area contributed by atoms with Crippen LogP contribution in [0.3, 0.4) is 0 Å². The lowest BCUT2D eigenvalue weighted by atomic mass is 10.1. The summed E-state index contributed by atoms with van der Waals surface area (Å²) in [6, 6.07) is 0. The van der Waals surface area contributed by atoms with E-state index < -0.39 is 0 Å². The average molecular weight is 385 g/mol. The number of unbranched alkanes of at least 4 members (excludes halogenated alkanes) is 15. The Morgan fingerprint density at radius 1 is 0.519 bits per heavy atom. The highest BCUT2D eigenvalue weighted by Gasteiger charge is 2.02. The van der Waals surface area contributed by atoms with Crippen molar-refractivity contribution >= 4 is 5.97 Å². The molecule has 0 aliphatic carbocycles. The van der Waals surface area contributed by atoms with Crippen LogP contribution in [-0.4, -0.2) is 25.8 Å². The molecule has 0 bridgehead atoms.